The van der Waals surface area contributed by atoms with E-state index in [0.717, 1.165) is 10.6 Å². The third-order valence-electron chi connectivity index (χ3n) is 6.35. The third kappa shape index (κ3) is 6.66. The van der Waals surface area contributed by atoms with Crippen LogP contribution in [0.25, 0.3) is 11.2 Å². The molecule has 0 aliphatic rings. The first-order chi connectivity index (χ1) is 21.4. The maximum atomic E-state index is 13.0. The van der Waals surface area contributed by atoms with Gasteiger partial charge < -0.3 is 20.1 Å². The number of aliphatic imine (C=N–C) groups is 1. The summed E-state index contributed by atoms with van der Waals surface area (Å²) in [7, 11) is 2.76. The van der Waals surface area contributed by atoms with E-state index >= 15 is 0 Å². The Balaban J connectivity index is 1.43. The summed E-state index contributed by atoms with van der Waals surface area (Å²) in [5.74, 6) is -2.42. The smallest absolute Gasteiger partial charge is 0.332 e. The van der Waals surface area contributed by atoms with Crippen LogP contribution in [-0.4, -0.2) is 68.3 Å². The average molecular weight is 653 g/mol. The summed E-state index contributed by atoms with van der Waals surface area (Å²) in [6, 6.07) is 8.30. The second-order valence-corrected chi connectivity index (χ2v) is 10.3. The zero-order valence-electron chi connectivity index (χ0n) is 23.4. The fourth-order valence-electron chi connectivity index (χ4n) is 4.17. The molecule has 0 aliphatic heterocycles. The van der Waals surface area contributed by atoms with E-state index in [0.29, 0.717) is 15.6 Å². The van der Waals surface area contributed by atoms with Crippen molar-refractivity contribution in [3.63, 3.8) is 0 Å². The van der Waals surface area contributed by atoms with Crippen LogP contribution in [0.1, 0.15) is 15.9 Å². The molecule has 3 heterocycles. The number of benzene rings is 2. The molecule has 0 fully saturated rings. The highest BCUT2D eigenvalue weighted by molar-refractivity contribution is 6.38. The van der Waals surface area contributed by atoms with E-state index in [4.69, 9.17) is 23.2 Å². The van der Waals surface area contributed by atoms with Crippen LogP contribution < -0.4 is 21.9 Å². The fourth-order valence-corrected chi connectivity index (χ4v) is 4.66. The number of carbonyl (C=O) groups excluding carboxylic acids is 2. The lowest BCUT2D eigenvalue weighted by atomic mass is 10.1. The second-order valence-electron chi connectivity index (χ2n) is 9.49. The lowest BCUT2D eigenvalue weighted by Gasteiger charge is -2.09. The number of anilines is 2. The molecule has 0 atom stereocenters. The summed E-state index contributed by atoms with van der Waals surface area (Å²) in [6.07, 6.45) is 2.56. The summed E-state index contributed by atoms with van der Waals surface area (Å²) < 4.78 is 3.36. The molecule has 4 N–H and O–H groups in total. The highest BCUT2D eigenvalue weighted by Gasteiger charge is 2.18. The van der Waals surface area contributed by atoms with Gasteiger partial charge in [-0.15, -0.1) is 0 Å². The normalized spacial score (nSPS) is 11.3. The van der Waals surface area contributed by atoms with E-state index < -0.39 is 29.5 Å². The Hall–Kier alpha value is -5.61. The molecule has 1 amide bonds. The van der Waals surface area contributed by atoms with Crippen LogP contribution in [0.2, 0.25) is 10.0 Å². The second kappa shape index (κ2) is 12.6. The van der Waals surface area contributed by atoms with Crippen LogP contribution in [0.15, 0.2) is 57.3 Å². The molecule has 0 aliphatic carbocycles. The minimum Gasteiger partial charge on any atom is -0.508 e. The van der Waals surface area contributed by atoms with Gasteiger partial charge in [-0.3, -0.25) is 28.8 Å². The number of imidazole rings is 1. The molecule has 0 spiro atoms. The molecule has 3 aromatic heterocycles. The lowest BCUT2D eigenvalue weighted by molar-refractivity contribution is -0.116. The predicted molar refractivity (Wildman–Crippen MR) is 165 cm³/mol. The Labute approximate surface area is 262 Å². The van der Waals surface area contributed by atoms with Gasteiger partial charge in [-0.2, -0.15) is 15.0 Å². The fraction of sp³-hybridized carbons (Fsp3) is 0.148. The van der Waals surface area contributed by atoms with Gasteiger partial charge in [-0.1, -0.05) is 29.3 Å². The Morgan fingerprint density at radius 3 is 2.33 bits per heavy atom. The number of aryl methyl sites for hydroxylation is 1. The van der Waals surface area contributed by atoms with Crippen molar-refractivity contribution >= 4 is 70.1 Å². The maximum absolute atomic E-state index is 13.0. The lowest BCUT2D eigenvalue weighted by Crippen LogP contribution is -2.37. The van der Waals surface area contributed by atoms with Crippen molar-refractivity contribution in [3.8, 4) is 11.5 Å². The number of aromatic nitrogens is 7. The number of fused-ring (bicyclic) bond motifs is 1. The minimum atomic E-state index is -0.669. The van der Waals surface area contributed by atoms with Gasteiger partial charge in [-0.05, 0) is 24.3 Å². The van der Waals surface area contributed by atoms with Crippen molar-refractivity contribution in [3.05, 3.63) is 84.7 Å². The number of rotatable bonds is 9. The number of aromatic hydroxyl groups is 2. The first-order valence-corrected chi connectivity index (χ1v) is 13.6. The number of phenolic OH excluding ortho intramolecular Hbond substituents is 2. The number of halogens is 2. The van der Waals surface area contributed by atoms with E-state index in [-0.39, 0.29) is 52.6 Å². The van der Waals surface area contributed by atoms with Gasteiger partial charge in [-0.25, -0.2) is 14.8 Å². The molecule has 230 valence electrons. The molecule has 0 unspecified atom stereocenters. The third-order valence-corrected chi connectivity index (χ3v) is 7.01. The Morgan fingerprint density at radius 1 is 0.978 bits per heavy atom. The summed E-state index contributed by atoms with van der Waals surface area (Å²) >= 11 is 12.4. The van der Waals surface area contributed by atoms with Crippen molar-refractivity contribution in [2.24, 2.45) is 19.1 Å². The van der Waals surface area contributed by atoms with E-state index in [9.17, 15) is 29.4 Å². The number of Topliss-reactive ketones (excluding diaryl/α,β-unsaturated/α-hetero) is 1. The topological polar surface area (TPSA) is 212 Å². The molecular weight excluding hydrogens is 631 g/mol. The summed E-state index contributed by atoms with van der Waals surface area (Å²) in [6.45, 7) is -0.769. The molecule has 5 rings (SSSR count). The van der Waals surface area contributed by atoms with Crippen LogP contribution in [0, 0.1) is 0 Å². The summed E-state index contributed by atoms with van der Waals surface area (Å²) in [5, 5.41) is 25.2. The molecule has 0 radical (unpaired) electrons. The molecule has 45 heavy (non-hydrogen) atoms. The SMILES string of the molecule is Cn1c(=O)c2c(ncn2CC(=O)Nc2nc(N=Cc3c(Cl)cccc3Cl)nc(NCC(=O)c3cc(O)cc(O)c3)n2)n(C)c1=O. The number of phenols is 2. The highest BCUT2D eigenvalue weighted by atomic mass is 35.5. The standard InChI is InChI=1S/C27H22Cl2N10O6/c1-37-22-21(23(44)38(2)27(37)45)39(12-32-22)11-20(43)33-26-35-24(30-9-16-17(28)4-3-5-18(16)29)34-25(36-26)31-10-19(42)13-6-14(40)8-15(41)7-13/h3-9,12,40-41H,10-11H2,1-2H3,(H2,31,33,34,35,36,43). The molecule has 0 saturated carbocycles. The van der Waals surface area contributed by atoms with Gasteiger partial charge >= 0.3 is 5.69 Å². The van der Waals surface area contributed by atoms with Crippen molar-refractivity contribution in [1.29, 1.82) is 0 Å². The highest BCUT2D eigenvalue weighted by Crippen LogP contribution is 2.24. The molecule has 0 bridgehead atoms. The van der Waals surface area contributed by atoms with E-state index in [1.54, 1.807) is 18.2 Å². The minimum absolute atomic E-state index is 0.0189. The Bertz CT molecular complexity index is 2100. The van der Waals surface area contributed by atoms with Crippen molar-refractivity contribution in [2.75, 3.05) is 17.2 Å². The zero-order chi connectivity index (χ0) is 32.4. The van der Waals surface area contributed by atoms with Crippen LogP contribution in [0.5, 0.6) is 11.5 Å². The van der Waals surface area contributed by atoms with Gasteiger partial charge in [0, 0.05) is 37.5 Å². The number of hydrogen-bond donors (Lipinski definition) is 4. The predicted octanol–water partition coefficient (Wildman–Crippen LogP) is 2.02. The largest absolute Gasteiger partial charge is 0.508 e. The van der Waals surface area contributed by atoms with E-state index in [2.05, 4.69) is 35.6 Å². The molecule has 0 saturated heterocycles. The zero-order valence-corrected chi connectivity index (χ0v) is 24.9. The maximum Gasteiger partial charge on any atom is 0.332 e. The Kier molecular flexibility index (Phi) is 8.60. The first kappa shape index (κ1) is 30.8. The number of hydrogen-bond acceptors (Lipinski definition) is 12. The van der Waals surface area contributed by atoms with Gasteiger partial charge in [0.1, 0.15) is 18.0 Å². The summed E-state index contributed by atoms with van der Waals surface area (Å²) in [4.78, 5) is 71.4. The molecular formula is C27H22Cl2N10O6. The van der Waals surface area contributed by atoms with Crippen molar-refractivity contribution < 1.29 is 19.8 Å². The van der Waals surface area contributed by atoms with Crippen LogP contribution in [-0.2, 0) is 25.4 Å². The number of carbonyl (C=O) groups is 2. The van der Waals surface area contributed by atoms with Crippen molar-refractivity contribution in [1.82, 2.24) is 33.6 Å². The Morgan fingerprint density at radius 2 is 1.64 bits per heavy atom. The average Bonchev–Trinajstić information content (AvgIpc) is 3.40. The van der Waals surface area contributed by atoms with E-state index in [1.165, 1.54) is 47.9 Å². The van der Waals surface area contributed by atoms with E-state index in [1.807, 2.05) is 0 Å². The van der Waals surface area contributed by atoms with Crippen LogP contribution in [0.4, 0.5) is 17.8 Å². The molecule has 2 aromatic carbocycles. The van der Waals surface area contributed by atoms with Crippen LogP contribution >= 0.6 is 23.2 Å². The monoisotopic (exact) mass is 652 g/mol. The number of nitrogens with one attached hydrogen (secondary N) is 2. The first-order valence-electron chi connectivity index (χ1n) is 12.9. The van der Waals surface area contributed by atoms with Crippen molar-refractivity contribution in [2.45, 2.75) is 6.54 Å². The van der Waals surface area contributed by atoms with Gasteiger partial charge in [0.15, 0.2) is 16.9 Å². The van der Waals surface area contributed by atoms with Gasteiger partial charge in [0.2, 0.25) is 17.8 Å². The number of ketones is 1. The number of nitrogens with zero attached hydrogens (tertiary/aromatic N) is 8. The molecule has 5 aromatic rings. The quantitative estimate of drug-likeness (QED) is 0.134. The molecule has 16 nitrogen and oxygen atoms in total. The molecule has 18 heteroatoms. The van der Waals surface area contributed by atoms with Gasteiger partial charge in [0.05, 0.1) is 22.9 Å². The van der Waals surface area contributed by atoms with Crippen LogP contribution in [0.3, 0.4) is 0 Å². The summed E-state index contributed by atoms with van der Waals surface area (Å²) in [5.41, 5.74) is -0.676. The van der Waals surface area contributed by atoms with Gasteiger partial charge in [0.25, 0.3) is 11.5 Å². The number of amides is 1.